The van der Waals surface area contributed by atoms with Crippen molar-refractivity contribution in [1.82, 2.24) is 0 Å². The van der Waals surface area contributed by atoms with Crippen molar-refractivity contribution in [2.45, 2.75) is 26.2 Å². The lowest BCUT2D eigenvalue weighted by molar-refractivity contribution is 1.65. The molecule has 0 nitrogen and oxygen atoms in total. The highest BCUT2D eigenvalue weighted by Gasteiger charge is 2.10. The lowest BCUT2D eigenvalue weighted by Crippen LogP contribution is -2.18. The predicted octanol–water partition coefficient (Wildman–Crippen LogP) is 3.66. The molecule has 0 aliphatic rings. The van der Waals surface area contributed by atoms with E-state index < -0.39 is 0 Å². The van der Waals surface area contributed by atoms with Gasteiger partial charge in [0.1, 0.15) is 0 Å². The molecule has 14 heavy (non-hydrogen) atoms. The van der Waals surface area contributed by atoms with Crippen LogP contribution in [0.5, 0.6) is 0 Å². The van der Waals surface area contributed by atoms with Crippen LogP contribution >= 0.6 is 0 Å². The monoisotopic (exact) mass is 218 g/mol. The zero-order chi connectivity index (χ0) is 10.6. The van der Waals surface area contributed by atoms with Crippen molar-refractivity contribution in [2.24, 2.45) is 0 Å². The Morgan fingerprint density at radius 2 is 1.43 bits per heavy atom. The molecule has 0 atom stereocenters. The van der Waals surface area contributed by atoms with Crippen molar-refractivity contribution in [3.63, 3.8) is 0 Å². The third kappa shape index (κ3) is 3.27. The summed E-state index contributed by atoms with van der Waals surface area (Å²) in [6.45, 7) is 9.54. The van der Waals surface area contributed by atoms with Crippen LogP contribution in [0.2, 0.25) is 26.2 Å². The molecule has 0 N–H and O–H groups in total. The standard InChI is InChI=1S/C12H18Si2/c1-13(2)12(14(3)4)10-11-8-6-5-7-9-11/h5-10H,1-4H3. The molecule has 0 aliphatic carbocycles. The van der Waals surface area contributed by atoms with Crippen molar-refractivity contribution < 1.29 is 0 Å². The molecule has 2 radical (unpaired) electrons. The van der Waals surface area contributed by atoms with Crippen LogP contribution in [0.3, 0.4) is 0 Å². The summed E-state index contributed by atoms with van der Waals surface area (Å²) in [5.74, 6) is 0. The summed E-state index contributed by atoms with van der Waals surface area (Å²) < 4.78 is 0. The van der Waals surface area contributed by atoms with E-state index in [0.717, 1.165) is 0 Å². The molecule has 0 saturated carbocycles. The summed E-state index contributed by atoms with van der Waals surface area (Å²) in [5, 5.41) is 0. The molecule has 0 aromatic heterocycles. The number of hydrogen-bond donors (Lipinski definition) is 0. The molecule has 1 aromatic carbocycles. The first kappa shape index (κ1) is 11.5. The number of rotatable bonds is 3. The van der Waals surface area contributed by atoms with Crippen molar-refractivity contribution in [1.29, 1.82) is 0 Å². The minimum absolute atomic E-state index is 0.264. The Hall–Kier alpha value is -0.606. The van der Waals surface area contributed by atoms with Crippen LogP contribution in [-0.4, -0.2) is 17.6 Å². The Bertz CT molecular complexity index is 289. The topological polar surface area (TPSA) is 0 Å². The van der Waals surface area contributed by atoms with Gasteiger partial charge in [-0.1, -0.05) is 67.4 Å². The van der Waals surface area contributed by atoms with E-state index in [1.807, 2.05) is 0 Å². The summed E-state index contributed by atoms with van der Waals surface area (Å²) in [7, 11) is -0.527. The summed E-state index contributed by atoms with van der Waals surface area (Å²) >= 11 is 0. The first-order valence-corrected chi connectivity index (χ1v) is 9.99. The lowest BCUT2D eigenvalue weighted by atomic mass is 10.2. The fraction of sp³-hybridized carbons (Fsp3) is 0.333. The Labute approximate surface area is 90.9 Å². The smallest absolute Gasteiger partial charge is 0.0684 e. The fourth-order valence-corrected chi connectivity index (χ4v) is 6.42. The summed E-state index contributed by atoms with van der Waals surface area (Å²) in [6.07, 6.45) is 2.41. The van der Waals surface area contributed by atoms with Gasteiger partial charge in [-0.05, 0) is 5.56 Å². The molecular weight excluding hydrogens is 200 g/mol. The molecule has 0 bridgehead atoms. The van der Waals surface area contributed by atoms with E-state index in [1.54, 1.807) is 4.82 Å². The highest BCUT2D eigenvalue weighted by Crippen LogP contribution is 2.12. The largest absolute Gasteiger partial charge is 0.0938 e. The quantitative estimate of drug-likeness (QED) is 0.679. The van der Waals surface area contributed by atoms with E-state index in [2.05, 4.69) is 62.6 Å². The van der Waals surface area contributed by atoms with Crippen molar-refractivity contribution in [3.05, 3.63) is 40.7 Å². The third-order valence-corrected chi connectivity index (χ3v) is 7.63. The summed E-state index contributed by atoms with van der Waals surface area (Å²) in [6, 6.07) is 10.7. The van der Waals surface area contributed by atoms with Crippen molar-refractivity contribution in [2.75, 3.05) is 0 Å². The zero-order valence-electron chi connectivity index (χ0n) is 9.46. The molecule has 0 unspecified atom stereocenters. The van der Waals surface area contributed by atoms with Crippen LogP contribution < -0.4 is 0 Å². The van der Waals surface area contributed by atoms with Crippen LogP contribution in [0, 0.1) is 0 Å². The summed E-state index contributed by atoms with van der Waals surface area (Å²) in [5.41, 5.74) is 1.36. The Morgan fingerprint density at radius 3 is 1.86 bits per heavy atom. The molecular formula is C12H18Si2. The van der Waals surface area contributed by atoms with Gasteiger partial charge in [-0.3, -0.25) is 0 Å². The van der Waals surface area contributed by atoms with Crippen LogP contribution in [0.25, 0.3) is 6.08 Å². The van der Waals surface area contributed by atoms with E-state index in [0.29, 0.717) is 0 Å². The van der Waals surface area contributed by atoms with Crippen LogP contribution in [0.15, 0.2) is 35.2 Å². The average Bonchev–Trinajstić information content (AvgIpc) is 2.15. The Morgan fingerprint density at radius 1 is 0.929 bits per heavy atom. The van der Waals surface area contributed by atoms with Gasteiger partial charge in [0, 0.05) is 0 Å². The van der Waals surface area contributed by atoms with E-state index in [-0.39, 0.29) is 17.6 Å². The average molecular weight is 218 g/mol. The summed E-state index contributed by atoms with van der Waals surface area (Å²) in [4.78, 5) is 1.73. The SMILES string of the molecule is C[Si](C)C(=Cc1ccccc1)[Si](C)C. The van der Waals surface area contributed by atoms with Gasteiger partial charge >= 0.3 is 0 Å². The van der Waals surface area contributed by atoms with Gasteiger partial charge in [0.05, 0.1) is 17.6 Å². The van der Waals surface area contributed by atoms with Crippen molar-refractivity contribution >= 4 is 23.7 Å². The molecule has 0 saturated heterocycles. The van der Waals surface area contributed by atoms with E-state index in [4.69, 9.17) is 0 Å². The molecule has 74 valence electrons. The zero-order valence-corrected chi connectivity index (χ0v) is 11.5. The van der Waals surface area contributed by atoms with Crippen LogP contribution in [0.4, 0.5) is 0 Å². The molecule has 0 aliphatic heterocycles. The first-order chi connectivity index (χ1) is 6.61. The van der Waals surface area contributed by atoms with Gasteiger partial charge in [-0.15, -0.1) is 0 Å². The molecule has 2 heteroatoms. The number of benzene rings is 1. The number of hydrogen-bond acceptors (Lipinski definition) is 0. The minimum atomic E-state index is -0.264. The van der Waals surface area contributed by atoms with E-state index >= 15 is 0 Å². The maximum Gasteiger partial charge on any atom is 0.0684 e. The van der Waals surface area contributed by atoms with Crippen LogP contribution in [-0.2, 0) is 0 Å². The highest BCUT2D eigenvalue weighted by molar-refractivity contribution is 6.87. The second-order valence-corrected chi connectivity index (χ2v) is 9.55. The predicted molar refractivity (Wildman–Crippen MR) is 69.4 cm³/mol. The molecule has 0 amide bonds. The minimum Gasteiger partial charge on any atom is -0.0938 e. The van der Waals surface area contributed by atoms with Crippen molar-refractivity contribution in [3.8, 4) is 0 Å². The maximum absolute atomic E-state index is 2.41. The molecule has 0 heterocycles. The second-order valence-electron chi connectivity index (χ2n) is 3.97. The van der Waals surface area contributed by atoms with Gasteiger partial charge in [0.25, 0.3) is 0 Å². The Balaban J connectivity index is 2.94. The molecule has 1 aromatic rings. The Kier molecular flexibility index (Phi) is 4.36. The first-order valence-electron chi connectivity index (χ1n) is 4.99. The van der Waals surface area contributed by atoms with E-state index in [1.165, 1.54) is 5.56 Å². The fourth-order valence-electron chi connectivity index (χ4n) is 1.50. The molecule has 0 fully saturated rings. The van der Waals surface area contributed by atoms with Gasteiger partial charge in [0.2, 0.25) is 0 Å². The van der Waals surface area contributed by atoms with Gasteiger partial charge in [-0.2, -0.15) is 0 Å². The van der Waals surface area contributed by atoms with Gasteiger partial charge in [-0.25, -0.2) is 0 Å². The van der Waals surface area contributed by atoms with Gasteiger partial charge < -0.3 is 0 Å². The van der Waals surface area contributed by atoms with E-state index in [9.17, 15) is 0 Å². The highest BCUT2D eigenvalue weighted by atomic mass is 28.3. The lowest BCUT2D eigenvalue weighted by Gasteiger charge is -2.12. The maximum atomic E-state index is 2.41. The van der Waals surface area contributed by atoms with Crippen LogP contribution in [0.1, 0.15) is 5.56 Å². The van der Waals surface area contributed by atoms with Gasteiger partial charge in [0.15, 0.2) is 0 Å². The second kappa shape index (κ2) is 5.32. The normalized spacial score (nSPS) is 10.7. The third-order valence-electron chi connectivity index (χ3n) is 2.19. The molecule has 1 rings (SSSR count). The molecule has 0 spiro atoms.